The van der Waals surface area contributed by atoms with E-state index in [4.69, 9.17) is 0 Å². The largest absolute Gasteiger partial charge is 0.365 e. The van der Waals surface area contributed by atoms with Gasteiger partial charge in [-0.05, 0) is 30.7 Å². The average molecular weight is 394 g/mol. The number of nitro benzene ring substituents is 1. The second-order valence-corrected chi connectivity index (χ2v) is 8.08. The van der Waals surface area contributed by atoms with Crippen molar-refractivity contribution in [1.82, 2.24) is 9.80 Å². The van der Waals surface area contributed by atoms with Crippen LogP contribution in [-0.2, 0) is 17.8 Å². The van der Waals surface area contributed by atoms with E-state index in [9.17, 15) is 14.9 Å². The van der Waals surface area contributed by atoms with Crippen LogP contribution in [0.3, 0.4) is 0 Å². The Hall–Kier alpha value is -2.93. The molecule has 0 aromatic heterocycles. The van der Waals surface area contributed by atoms with Crippen LogP contribution >= 0.6 is 0 Å². The Morgan fingerprint density at radius 3 is 2.69 bits per heavy atom. The van der Waals surface area contributed by atoms with Gasteiger partial charge in [-0.3, -0.25) is 14.9 Å². The van der Waals surface area contributed by atoms with E-state index in [-0.39, 0.29) is 28.5 Å². The molecule has 0 aliphatic carbocycles. The second kappa shape index (κ2) is 7.83. The molecule has 2 aromatic carbocycles. The van der Waals surface area contributed by atoms with E-state index in [1.165, 1.54) is 0 Å². The number of likely N-dealkylation sites (N-methyl/N-ethyl adjacent to an activating group) is 1. The van der Waals surface area contributed by atoms with Crippen LogP contribution in [0.15, 0.2) is 48.5 Å². The van der Waals surface area contributed by atoms with Crippen LogP contribution in [-0.4, -0.2) is 60.4 Å². The monoisotopic (exact) mass is 394 g/mol. The van der Waals surface area contributed by atoms with Crippen molar-refractivity contribution in [2.24, 2.45) is 5.92 Å². The van der Waals surface area contributed by atoms with Crippen LogP contribution in [0.1, 0.15) is 11.1 Å². The third kappa shape index (κ3) is 3.82. The van der Waals surface area contributed by atoms with E-state index in [0.717, 1.165) is 36.4 Å². The molecule has 7 heteroatoms. The zero-order chi connectivity index (χ0) is 20.5. The van der Waals surface area contributed by atoms with Gasteiger partial charge in [0.2, 0.25) is 5.91 Å². The molecule has 7 nitrogen and oxygen atoms in total. The molecule has 0 bridgehead atoms. The molecular formula is C22H26N4O3. The maximum atomic E-state index is 13.4. The predicted octanol–water partition coefficient (Wildman–Crippen LogP) is 2.55. The van der Waals surface area contributed by atoms with E-state index in [1.807, 2.05) is 43.4 Å². The normalized spacial score (nSPS) is 21.2. The number of piperazine rings is 1. The summed E-state index contributed by atoms with van der Waals surface area (Å²) in [4.78, 5) is 30.6. The van der Waals surface area contributed by atoms with Gasteiger partial charge < -0.3 is 14.7 Å². The van der Waals surface area contributed by atoms with Crippen molar-refractivity contribution in [3.05, 3.63) is 69.8 Å². The number of amides is 1. The van der Waals surface area contributed by atoms with Crippen molar-refractivity contribution in [3.8, 4) is 0 Å². The number of anilines is 1. The summed E-state index contributed by atoms with van der Waals surface area (Å²) in [5, 5.41) is 11.2. The van der Waals surface area contributed by atoms with E-state index < -0.39 is 0 Å². The third-order valence-electron chi connectivity index (χ3n) is 6.07. The molecule has 1 saturated heterocycles. The Morgan fingerprint density at radius 2 is 1.97 bits per heavy atom. The number of carbonyl (C=O) groups is 1. The number of nitrogens with zero attached hydrogens (tertiary/aromatic N) is 4. The van der Waals surface area contributed by atoms with Crippen molar-refractivity contribution in [3.63, 3.8) is 0 Å². The maximum absolute atomic E-state index is 13.4. The Bertz CT molecular complexity index is 918. The van der Waals surface area contributed by atoms with Crippen LogP contribution in [0.2, 0.25) is 0 Å². The minimum atomic E-state index is -0.366. The number of fused-ring (bicyclic) bond motifs is 3. The third-order valence-corrected chi connectivity index (χ3v) is 6.07. The highest BCUT2D eigenvalue weighted by Gasteiger charge is 2.42. The van der Waals surface area contributed by atoms with Crippen molar-refractivity contribution in [2.45, 2.75) is 19.0 Å². The van der Waals surface area contributed by atoms with Gasteiger partial charge in [-0.15, -0.1) is 0 Å². The number of rotatable bonds is 4. The number of nitro groups is 1. The van der Waals surface area contributed by atoms with Gasteiger partial charge in [0.15, 0.2) is 0 Å². The fraction of sp³-hybridized carbons (Fsp3) is 0.409. The minimum Gasteiger partial charge on any atom is -0.365 e. The molecule has 0 spiro atoms. The summed E-state index contributed by atoms with van der Waals surface area (Å²) in [6.45, 7) is 3.10. The summed E-state index contributed by atoms with van der Waals surface area (Å²) in [5.41, 5.74) is 3.10. The maximum Gasteiger partial charge on any atom is 0.269 e. The molecule has 4 rings (SSSR count). The van der Waals surface area contributed by atoms with Gasteiger partial charge >= 0.3 is 0 Å². The van der Waals surface area contributed by atoms with Crippen LogP contribution in [0.5, 0.6) is 0 Å². The van der Waals surface area contributed by atoms with Crippen molar-refractivity contribution in [2.75, 3.05) is 38.6 Å². The summed E-state index contributed by atoms with van der Waals surface area (Å²) in [5.74, 6) is -0.128. The van der Waals surface area contributed by atoms with Crippen molar-refractivity contribution >= 4 is 17.3 Å². The highest BCUT2D eigenvalue weighted by Crippen LogP contribution is 2.38. The van der Waals surface area contributed by atoms with Gasteiger partial charge in [-0.1, -0.05) is 30.3 Å². The lowest BCUT2D eigenvalue weighted by Gasteiger charge is -2.48. The van der Waals surface area contributed by atoms with Gasteiger partial charge in [0.1, 0.15) is 0 Å². The molecule has 2 aliphatic rings. The fourth-order valence-corrected chi connectivity index (χ4v) is 4.57. The molecule has 2 aromatic rings. The van der Waals surface area contributed by atoms with Gasteiger partial charge in [-0.25, -0.2) is 0 Å². The Labute approximate surface area is 170 Å². The van der Waals surface area contributed by atoms with Gasteiger partial charge in [-0.2, -0.15) is 0 Å². The summed E-state index contributed by atoms with van der Waals surface area (Å²) < 4.78 is 0. The number of hydrogen-bond acceptors (Lipinski definition) is 5. The quantitative estimate of drug-likeness (QED) is 0.589. The van der Waals surface area contributed by atoms with E-state index >= 15 is 0 Å². The standard InChI is InChI=1S/C22H26N4O3/c1-23-10-11-25-20-9-8-18(26(28)29)12-17(20)13-19(21(25)15-23)22(27)24(2)14-16-6-4-3-5-7-16/h3-9,12,19,21H,10-11,13-15H2,1-2H3. The first-order valence-corrected chi connectivity index (χ1v) is 9.95. The molecule has 0 radical (unpaired) electrons. The minimum absolute atomic E-state index is 0.0772. The zero-order valence-electron chi connectivity index (χ0n) is 16.8. The summed E-state index contributed by atoms with van der Waals surface area (Å²) >= 11 is 0. The molecule has 29 heavy (non-hydrogen) atoms. The summed E-state index contributed by atoms with van der Waals surface area (Å²) in [7, 11) is 3.92. The molecule has 2 atom stereocenters. The predicted molar refractivity (Wildman–Crippen MR) is 112 cm³/mol. The first-order valence-electron chi connectivity index (χ1n) is 9.95. The Balaban J connectivity index is 1.63. The van der Waals surface area contributed by atoms with E-state index in [2.05, 4.69) is 16.8 Å². The Morgan fingerprint density at radius 1 is 1.21 bits per heavy atom. The van der Waals surface area contributed by atoms with Crippen LogP contribution < -0.4 is 4.90 Å². The number of benzene rings is 2. The molecule has 2 heterocycles. The summed E-state index contributed by atoms with van der Waals surface area (Å²) in [6.07, 6.45) is 0.532. The SMILES string of the molecule is CN1CCN2c3ccc([N+](=O)[O-])cc3CC(C(=O)N(C)Cc3ccccc3)C2C1. The fourth-order valence-electron chi connectivity index (χ4n) is 4.57. The van der Waals surface area contributed by atoms with Crippen LogP contribution in [0.4, 0.5) is 11.4 Å². The van der Waals surface area contributed by atoms with Gasteiger partial charge in [0.25, 0.3) is 5.69 Å². The number of carbonyl (C=O) groups excluding carboxylic acids is 1. The van der Waals surface area contributed by atoms with E-state index in [1.54, 1.807) is 17.0 Å². The lowest BCUT2D eigenvalue weighted by atomic mass is 9.83. The molecule has 1 fully saturated rings. The average Bonchev–Trinajstić information content (AvgIpc) is 2.72. The highest BCUT2D eigenvalue weighted by atomic mass is 16.6. The van der Waals surface area contributed by atoms with Crippen molar-refractivity contribution in [1.29, 1.82) is 0 Å². The first-order chi connectivity index (χ1) is 13.9. The molecule has 0 saturated carbocycles. The second-order valence-electron chi connectivity index (χ2n) is 8.08. The summed E-state index contributed by atoms with van der Waals surface area (Å²) in [6, 6.07) is 15.1. The molecule has 2 aliphatic heterocycles. The first kappa shape index (κ1) is 19.4. The molecule has 1 amide bonds. The van der Waals surface area contributed by atoms with E-state index in [0.29, 0.717) is 13.0 Å². The molecule has 152 valence electrons. The highest BCUT2D eigenvalue weighted by molar-refractivity contribution is 5.82. The lowest BCUT2D eigenvalue weighted by molar-refractivity contribution is -0.384. The molecular weight excluding hydrogens is 368 g/mol. The van der Waals surface area contributed by atoms with Crippen LogP contribution in [0, 0.1) is 16.0 Å². The molecule has 2 unspecified atom stereocenters. The van der Waals surface area contributed by atoms with Gasteiger partial charge in [0, 0.05) is 51.0 Å². The zero-order valence-corrected chi connectivity index (χ0v) is 16.8. The topological polar surface area (TPSA) is 69.9 Å². The Kier molecular flexibility index (Phi) is 5.24. The van der Waals surface area contributed by atoms with Crippen molar-refractivity contribution < 1.29 is 9.72 Å². The smallest absolute Gasteiger partial charge is 0.269 e. The molecule has 0 N–H and O–H groups in total. The lowest BCUT2D eigenvalue weighted by Crippen LogP contribution is -2.60. The van der Waals surface area contributed by atoms with Gasteiger partial charge in [0.05, 0.1) is 16.9 Å². The number of hydrogen-bond donors (Lipinski definition) is 0. The number of non-ortho nitro benzene ring substituents is 1. The van der Waals surface area contributed by atoms with Crippen LogP contribution in [0.25, 0.3) is 0 Å².